The van der Waals surface area contributed by atoms with Gasteiger partial charge >= 0.3 is 0 Å². The van der Waals surface area contributed by atoms with Crippen LogP contribution in [0.1, 0.15) is 36.8 Å². The average Bonchev–Trinajstić information content (AvgIpc) is 2.92. The summed E-state index contributed by atoms with van der Waals surface area (Å²) < 4.78 is 0. The smallest absolute Gasteiger partial charge is 0.0940 e. The number of benzene rings is 2. The van der Waals surface area contributed by atoms with Gasteiger partial charge in [-0.05, 0) is 67.3 Å². The summed E-state index contributed by atoms with van der Waals surface area (Å²) >= 11 is 12.2. The molecule has 1 saturated heterocycles. The minimum atomic E-state index is -0.882. The molecule has 0 bridgehead atoms. The molecule has 0 radical (unpaired) electrons. The molecule has 2 atom stereocenters. The molecule has 1 saturated carbocycles. The first-order chi connectivity index (χ1) is 15.4. The molecule has 2 unspecified atom stereocenters. The fraction of sp³-hybridized carbons (Fsp3) is 0.481. The lowest BCUT2D eigenvalue weighted by Crippen LogP contribution is -2.51. The Morgan fingerprint density at radius 1 is 0.938 bits per heavy atom. The number of hydrogen-bond acceptors (Lipinski definition) is 3. The highest BCUT2D eigenvalue weighted by Crippen LogP contribution is 2.41. The van der Waals surface area contributed by atoms with Crippen LogP contribution >= 0.6 is 23.2 Å². The molecule has 5 heteroatoms. The van der Waals surface area contributed by atoms with Crippen LogP contribution in [0.5, 0.6) is 0 Å². The van der Waals surface area contributed by atoms with E-state index >= 15 is 0 Å². The van der Waals surface area contributed by atoms with Gasteiger partial charge in [0.25, 0.3) is 0 Å². The van der Waals surface area contributed by atoms with Crippen molar-refractivity contribution < 1.29 is 5.11 Å². The number of piperazine rings is 1. The van der Waals surface area contributed by atoms with E-state index in [2.05, 4.69) is 35.1 Å². The van der Waals surface area contributed by atoms with Crippen molar-refractivity contribution in [2.75, 3.05) is 39.8 Å². The third kappa shape index (κ3) is 5.95. The monoisotopic (exact) mass is 472 g/mol. The van der Waals surface area contributed by atoms with E-state index in [0.717, 1.165) is 85.2 Å². The van der Waals surface area contributed by atoms with Crippen LogP contribution in [0.25, 0.3) is 6.08 Å². The number of rotatable bonds is 5. The second kappa shape index (κ2) is 10.7. The molecule has 4 rings (SSSR count). The molecule has 0 amide bonds. The first-order valence-electron chi connectivity index (χ1n) is 11.8. The number of halogens is 2. The first kappa shape index (κ1) is 23.8. The van der Waals surface area contributed by atoms with Gasteiger partial charge in [0.15, 0.2) is 0 Å². The van der Waals surface area contributed by atoms with E-state index in [1.807, 2.05) is 36.4 Å². The third-order valence-corrected chi connectivity index (χ3v) is 7.66. The molecule has 0 spiro atoms. The lowest BCUT2D eigenvalue weighted by molar-refractivity contribution is -0.00643. The molecule has 1 heterocycles. The lowest BCUT2D eigenvalue weighted by Gasteiger charge is -2.42. The van der Waals surface area contributed by atoms with Crippen LogP contribution in [0.4, 0.5) is 0 Å². The van der Waals surface area contributed by atoms with Crippen molar-refractivity contribution >= 4 is 29.3 Å². The summed E-state index contributed by atoms with van der Waals surface area (Å²) in [7, 11) is 2.19. The molecule has 0 aromatic heterocycles. The number of aliphatic hydroxyl groups is 1. The third-order valence-electron chi connectivity index (χ3n) is 7.15. The van der Waals surface area contributed by atoms with Gasteiger partial charge in [0, 0.05) is 55.1 Å². The Balaban J connectivity index is 1.67. The summed E-state index contributed by atoms with van der Waals surface area (Å²) in [5, 5.41) is 13.9. The van der Waals surface area contributed by atoms with Crippen LogP contribution in [0.15, 0.2) is 54.1 Å². The summed E-state index contributed by atoms with van der Waals surface area (Å²) in [5.74, 6) is 0.197. The number of likely N-dealkylation sites (N-methyl/N-ethyl adjacent to an activating group) is 1. The lowest BCUT2D eigenvalue weighted by atomic mass is 9.74. The van der Waals surface area contributed by atoms with Crippen LogP contribution < -0.4 is 0 Å². The van der Waals surface area contributed by atoms with Crippen molar-refractivity contribution in [2.24, 2.45) is 5.92 Å². The number of nitrogens with zero attached hydrogens (tertiary/aromatic N) is 2. The molecular weight excluding hydrogens is 439 g/mol. The van der Waals surface area contributed by atoms with E-state index in [9.17, 15) is 5.11 Å². The van der Waals surface area contributed by atoms with E-state index in [1.165, 1.54) is 0 Å². The van der Waals surface area contributed by atoms with Gasteiger partial charge < -0.3 is 14.9 Å². The van der Waals surface area contributed by atoms with E-state index in [1.54, 1.807) is 0 Å². The van der Waals surface area contributed by atoms with Gasteiger partial charge in [-0.3, -0.25) is 0 Å². The maximum absolute atomic E-state index is 12.4. The highest BCUT2D eigenvalue weighted by Gasteiger charge is 2.42. The van der Waals surface area contributed by atoms with Gasteiger partial charge in [0.2, 0.25) is 0 Å². The van der Waals surface area contributed by atoms with E-state index in [-0.39, 0.29) is 5.92 Å². The molecule has 172 valence electrons. The predicted molar refractivity (Wildman–Crippen MR) is 135 cm³/mol. The van der Waals surface area contributed by atoms with Crippen LogP contribution in [-0.4, -0.2) is 60.3 Å². The summed E-state index contributed by atoms with van der Waals surface area (Å²) in [6.45, 7) is 5.27. The van der Waals surface area contributed by atoms with Gasteiger partial charge in [-0.1, -0.05) is 60.0 Å². The largest absolute Gasteiger partial charge is 0.385 e. The van der Waals surface area contributed by atoms with E-state index in [4.69, 9.17) is 23.2 Å². The molecule has 2 fully saturated rings. The fourth-order valence-electron chi connectivity index (χ4n) is 5.14. The Morgan fingerprint density at radius 3 is 2.22 bits per heavy atom. The SMILES string of the molecule is CN1CCN(CC2CCCCC(=Cc3ccc(Cl)cc3)C2(O)Cc2ccc(Cl)cc2)CC1. The summed E-state index contributed by atoms with van der Waals surface area (Å²) in [4.78, 5) is 4.93. The Kier molecular flexibility index (Phi) is 7.96. The van der Waals surface area contributed by atoms with Gasteiger partial charge in [-0.25, -0.2) is 0 Å². The second-order valence-electron chi connectivity index (χ2n) is 9.50. The standard InChI is InChI=1S/C27H34Cl2N2O/c1-30-14-16-31(17-15-30)20-24-5-3-2-4-23(18-21-6-10-25(28)11-7-21)27(24,32)19-22-8-12-26(29)13-9-22/h6-13,18,24,32H,2-5,14-17,19-20H2,1H3. The normalized spacial score (nSPS) is 26.9. The van der Waals surface area contributed by atoms with Crippen LogP contribution in [0.2, 0.25) is 10.0 Å². The Morgan fingerprint density at radius 2 is 1.56 bits per heavy atom. The second-order valence-corrected chi connectivity index (χ2v) is 10.4. The topological polar surface area (TPSA) is 26.7 Å². The highest BCUT2D eigenvalue weighted by molar-refractivity contribution is 6.30. The van der Waals surface area contributed by atoms with Gasteiger partial charge in [-0.2, -0.15) is 0 Å². The van der Waals surface area contributed by atoms with Gasteiger partial charge in [0.1, 0.15) is 0 Å². The van der Waals surface area contributed by atoms with Crippen molar-refractivity contribution in [3.05, 3.63) is 75.3 Å². The van der Waals surface area contributed by atoms with Crippen molar-refractivity contribution in [3.8, 4) is 0 Å². The maximum atomic E-state index is 12.4. The van der Waals surface area contributed by atoms with Gasteiger partial charge in [-0.15, -0.1) is 0 Å². The quantitative estimate of drug-likeness (QED) is 0.557. The molecule has 2 aromatic rings. The van der Waals surface area contributed by atoms with Crippen LogP contribution in [0, 0.1) is 5.92 Å². The Bertz CT molecular complexity index is 904. The molecule has 3 nitrogen and oxygen atoms in total. The van der Waals surface area contributed by atoms with Crippen molar-refractivity contribution in [1.82, 2.24) is 9.80 Å². The maximum Gasteiger partial charge on any atom is 0.0940 e. The zero-order valence-corrected chi connectivity index (χ0v) is 20.5. The molecule has 2 aliphatic rings. The molecule has 2 aromatic carbocycles. The van der Waals surface area contributed by atoms with E-state index in [0.29, 0.717) is 6.42 Å². The molecule has 1 aliphatic carbocycles. The van der Waals surface area contributed by atoms with Crippen LogP contribution in [0.3, 0.4) is 0 Å². The minimum Gasteiger partial charge on any atom is -0.385 e. The highest BCUT2D eigenvalue weighted by atomic mass is 35.5. The summed E-state index contributed by atoms with van der Waals surface area (Å²) in [5.41, 5.74) is 2.49. The summed E-state index contributed by atoms with van der Waals surface area (Å²) in [6.07, 6.45) is 7.05. The van der Waals surface area contributed by atoms with E-state index < -0.39 is 5.60 Å². The van der Waals surface area contributed by atoms with Crippen LogP contribution in [-0.2, 0) is 6.42 Å². The zero-order valence-electron chi connectivity index (χ0n) is 18.9. The molecule has 1 aliphatic heterocycles. The Hall–Kier alpha value is -1.36. The van der Waals surface area contributed by atoms with Crippen molar-refractivity contribution in [1.29, 1.82) is 0 Å². The fourth-order valence-corrected chi connectivity index (χ4v) is 5.39. The van der Waals surface area contributed by atoms with Gasteiger partial charge in [0.05, 0.1) is 5.60 Å². The molecule has 1 N–H and O–H groups in total. The number of hydrogen-bond donors (Lipinski definition) is 1. The predicted octanol–water partition coefficient (Wildman–Crippen LogP) is 5.79. The molecule has 32 heavy (non-hydrogen) atoms. The first-order valence-corrected chi connectivity index (χ1v) is 12.5. The van der Waals surface area contributed by atoms with Crippen molar-refractivity contribution in [3.63, 3.8) is 0 Å². The summed E-state index contributed by atoms with van der Waals surface area (Å²) in [6, 6.07) is 15.9. The average molecular weight is 473 g/mol. The zero-order chi connectivity index (χ0) is 22.6. The Labute approximate surface area is 202 Å². The van der Waals surface area contributed by atoms with Crippen molar-refractivity contribution in [2.45, 2.75) is 37.7 Å². The minimum absolute atomic E-state index is 0.197. The molecular formula is C27H34Cl2N2O.